The molecule has 1 amide bonds. The summed E-state index contributed by atoms with van der Waals surface area (Å²) in [6.45, 7) is 6.48. The zero-order valence-electron chi connectivity index (χ0n) is 14.0. The molecule has 2 atom stereocenters. The predicted molar refractivity (Wildman–Crippen MR) is 85.5 cm³/mol. The van der Waals surface area contributed by atoms with Gasteiger partial charge in [0, 0.05) is 18.6 Å². The molecular formula is C18H30N2O2. The van der Waals surface area contributed by atoms with Gasteiger partial charge < -0.3 is 10.1 Å². The molecule has 0 aromatic carbocycles. The Hall–Kier alpha value is -0.610. The number of nitrogens with one attached hydrogen (secondary N) is 1. The summed E-state index contributed by atoms with van der Waals surface area (Å²) in [6.07, 6.45) is 8.45. The van der Waals surface area contributed by atoms with Crippen LogP contribution in [0.2, 0.25) is 0 Å². The zero-order chi connectivity index (χ0) is 15.3. The third-order valence-electron chi connectivity index (χ3n) is 6.31. The topological polar surface area (TPSA) is 41.6 Å². The Labute approximate surface area is 134 Å². The van der Waals surface area contributed by atoms with Gasteiger partial charge in [0.1, 0.15) is 0 Å². The molecule has 5 aliphatic rings. The highest BCUT2D eigenvalue weighted by Crippen LogP contribution is 2.55. The van der Waals surface area contributed by atoms with Crippen molar-refractivity contribution in [3.63, 3.8) is 0 Å². The van der Waals surface area contributed by atoms with Gasteiger partial charge in [-0.2, -0.15) is 0 Å². The monoisotopic (exact) mass is 306 g/mol. The van der Waals surface area contributed by atoms with Crippen LogP contribution >= 0.6 is 0 Å². The van der Waals surface area contributed by atoms with Gasteiger partial charge in [-0.15, -0.1) is 0 Å². The van der Waals surface area contributed by atoms with Crippen LogP contribution in [0.1, 0.15) is 52.4 Å². The summed E-state index contributed by atoms with van der Waals surface area (Å²) in [5.41, 5.74) is 0.148. The number of carbonyl (C=O) groups excluding carboxylic acids is 1. The minimum atomic E-state index is 0.148. The maximum absolute atomic E-state index is 12.6. The molecule has 5 fully saturated rings. The average molecular weight is 306 g/mol. The zero-order valence-corrected chi connectivity index (χ0v) is 14.0. The van der Waals surface area contributed by atoms with Crippen LogP contribution in [0.3, 0.4) is 0 Å². The van der Waals surface area contributed by atoms with E-state index in [0.29, 0.717) is 6.54 Å². The lowest BCUT2D eigenvalue weighted by Gasteiger charge is -2.57. The van der Waals surface area contributed by atoms with E-state index in [1.807, 2.05) is 0 Å². The van der Waals surface area contributed by atoms with Crippen LogP contribution in [0.25, 0.3) is 0 Å². The summed E-state index contributed by atoms with van der Waals surface area (Å²) < 4.78 is 5.76. The van der Waals surface area contributed by atoms with Crippen LogP contribution < -0.4 is 5.32 Å². The van der Waals surface area contributed by atoms with Gasteiger partial charge in [0.05, 0.1) is 18.8 Å². The van der Waals surface area contributed by atoms with Crippen LogP contribution in [0, 0.1) is 17.8 Å². The minimum Gasteiger partial charge on any atom is -0.373 e. The van der Waals surface area contributed by atoms with E-state index < -0.39 is 0 Å². The molecule has 1 saturated heterocycles. The molecule has 4 heteroatoms. The van der Waals surface area contributed by atoms with Gasteiger partial charge in [-0.25, -0.2) is 0 Å². The lowest BCUT2D eigenvalue weighted by atomic mass is 9.53. The molecule has 4 nitrogen and oxygen atoms in total. The molecule has 0 radical (unpaired) electrons. The van der Waals surface area contributed by atoms with Gasteiger partial charge in [-0.05, 0) is 70.1 Å². The summed E-state index contributed by atoms with van der Waals surface area (Å²) in [5, 5.41) is 3.48. The van der Waals surface area contributed by atoms with Crippen LogP contribution in [0.5, 0.6) is 0 Å². The molecule has 0 spiro atoms. The Morgan fingerprint density at radius 1 is 1.05 bits per heavy atom. The second-order valence-corrected chi connectivity index (χ2v) is 8.70. The van der Waals surface area contributed by atoms with E-state index in [2.05, 4.69) is 24.1 Å². The number of amides is 1. The normalized spacial score (nSPS) is 47.6. The second-order valence-electron chi connectivity index (χ2n) is 8.70. The smallest absolute Gasteiger partial charge is 0.234 e. The van der Waals surface area contributed by atoms with Gasteiger partial charge in [-0.1, -0.05) is 0 Å². The largest absolute Gasteiger partial charge is 0.373 e. The fourth-order valence-corrected chi connectivity index (χ4v) is 6.22. The van der Waals surface area contributed by atoms with Crippen molar-refractivity contribution >= 4 is 5.91 Å². The summed E-state index contributed by atoms with van der Waals surface area (Å²) in [4.78, 5) is 14.9. The van der Waals surface area contributed by atoms with Gasteiger partial charge in [-0.3, -0.25) is 9.69 Å². The van der Waals surface area contributed by atoms with Gasteiger partial charge in [0.2, 0.25) is 5.91 Å². The molecule has 0 aromatic rings. The molecule has 1 aliphatic heterocycles. The Morgan fingerprint density at radius 2 is 1.55 bits per heavy atom. The van der Waals surface area contributed by atoms with Crippen molar-refractivity contribution in [3.05, 3.63) is 0 Å². The molecule has 4 saturated carbocycles. The third-order valence-corrected chi connectivity index (χ3v) is 6.31. The van der Waals surface area contributed by atoms with E-state index in [1.54, 1.807) is 0 Å². The van der Waals surface area contributed by atoms with Gasteiger partial charge in [0.25, 0.3) is 0 Å². The molecule has 1 N–H and O–H groups in total. The second kappa shape index (κ2) is 5.48. The maximum Gasteiger partial charge on any atom is 0.234 e. The fraction of sp³-hybridized carbons (Fsp3) is 0.944. The molecule has 124 valence electrons. The third kappa shape index (κ3) is 2.92. The average Bonchev–Trinajstić information content (AvgIpc) is 2.33. The fourth-order valence-electron chi connectivity index (χ4n) is 6.22. The molecule has 22 heavy (non-hydrogen) atoms. The predicted octanol–water partition coefficient (Wildman–Crippen LogP) is 2.18. The Bertz CT molecular complexity index is 405. The molecule has 5 rings (SSSR count). The van der Waals surface area contributed by atoms with Gasteiger partial charge in [0.15, 0.2) is 0 Å². The highest BCUT2D eigenvalue weighted by atomic mass is 16.5. The summed E-state index contributed by atoms with van der Waals surface area (Å²) in [6, 6.07) is 0. The van der Waals surface area contributed by atoms with Crippen molar-refractivity contribution in [2.24, 2.45) is 17.8 Å². The highest BCUT2D eigenvalue weighted by Gasteiger charge is 2.51. The van der Waals surface area contributed by atoms with Crippen LogP contribution in [0.15, 0.2) is 0 Å². The van der Waals surface area contributed by atoms with E-state index >= 15 is 0 Å². The van der Waals surface area contributed by atoms with Crippen molar-refractivity contribution in [2.75, 3.05) is 19.6 Å². The number of ether oxygens (including phenoxy) is 1. The molecule has 1 heterocycles. The van der Waals surface area contributed by atoms with Gasteiger partial charge >= 0.3 is 0 Å². The minimum absolute atomic E-state index is 0.148. The van der Waals surface area contributed by atoms with E-state index in [9.17, 15) is 4.79 Å². The number of carbonyl (C=O) groups is 1. The summed E-state index contributed by atoms with van der Waals surface area (Å²) in [7, 11) is 0. The summed E-state index contributed by atoms with van der Waals surface area (Å²) >= 11 is 0. The van der Waals surface area contributed by atoms with Crippen molar-refractivity contribution < 1.29 is 9.53 Å². The van der Waals surface area contributed by atoms with E-state index in [4.69, 9.17) is 4.74 Å². The lowest BCUT2D eigenvalue weighted by molar-refractivity contribution is -0.131. The molecule has 0 aromatic heterocycles. The maximum atomic E-state index is 12.6. The number of nitrogens with zero attached hydrogens (tertiary/aromatic N) is 1. The number of hydrogen-bond acceptors (Lipinski definition) is 3. The highest BCUT2D eigenvalue weighted by molar-refractivity contribution is 5.79. The van der Waals surface area contributed by atoms with Crippen molar-refractivity contribution in [3.8, 4) is 0 Å². The Balaban J connectivity index is 1.36. The SMILES string of the molecule is CC1CN(CC(=O)NC23CC4CC(CC(C4)C2)C3)CC(C)O1. The van der Waals surface area contributed by atoms with Crippen LogP contribution in [-0.4, -0.2) is 48.2 Å². The quantitative estimate of drug-likeness (QED) is 0.869. The molecule has 4 bridgehead atoms. The lowest BCUT2D eigenvalue weighted by Crippen LogP contribution is -2.61. The first-order valence-corrected chi connectivity index (χ1v) is 9.18. The Kier molecular flexibility index (Phi) is 3.73. The van der Waals surface area contributed by atoms with Crippen LogP contribution in [-0.2, 0) is 9.53 Å². The van der Waals surface area contributed by atoms with E-state index in [-0.39, 0.29) is 23.7 Å². The Morgan fingerprint density at radius 3 is 2.05 bits per heavy atom. The number of morpholine rings is 1. The van der Waals surface area contributed by atoms with E-state index in [0.717, 1.165) is 30.8 Å². The number of rotatable bonds is 3. The van der Waals surface area contributed by atoms with E-state index in [1.165, 1.54) is 38.5 Å². The first-order chi connectivity index (χ1) is 10.5. The number of hydrogen-bond donors (Lipinski definition) is 1. The molecule has 4 aliphatic carbocycles. The summed E-state index contributed by atoms with van der Waals surface area (Å²) in [5.74, 6) is 2.89. The first-order valence-electron chi connectivity index (χ1n) is 9.18. The molecular weight excluding hydrogens is 276 g/mol. The van der Waals surface area contributed by atoms with Crippen molar-refractivity contribution in [2.45, 2.75) is 70.1 Å². The molecule has 2 unspecified atom stereocenters. The first kappa shape index (κ1) is 14.9. The van der Waals surface area contributed by atoms with Crippen molar-refractivity contribution in [1.29, 1.82) is 0 Å². The van der Waals surface area contributed by atoms with Crippen molar-refractivity contribution in [1.82, 2.24) is 10.2 Å². The van der Waals surface area contributed by atoms with Crippen LogP contribution in [0.4, 0.5) is 0 Å². The standard InChI is InChI=1S/C18H30N2O2/c1-12-9-20(10-13(2)22-12)11-17(21)19-18-6-14-3-15(7-18)5-16(4-14)8-18/h12-16H,3-11H2,1-2H3,(H,19,21).